The SMILES string of the molecule is CCOC(=O)c1nc(-c2ccccc2OC)n(C(C)C)c1C(O)c1ccc(C)cc1. The summed E-state index contributed by atoms with van der Waals surface area (Å²) in [4.78, 5) is 17.4. The first-order chi connectivity index (χ1) is 14.4. The third kappa shape index (κ3) is 4.09. The monoisotopic (exact) mass is 408 g/mol. The van der Waals surface area contributed by atoms with Crippen LogP contribution in [0.15, 0.2) is 48.5 Å². The number of ether oxygens (including phenoxy) is 2. The van der Waals surface area contributed by atoms with Crippen LogP contribution in [0.2, 0.25) is 0 Å². The summed E-state index contributed by atoms with van der Waals surface area (Å²) in [5.41, 5.74) is 3.03. The Balaban J connectivity index is 2.29. The molecule has 0 aliphatic carbocycles. The Bertz CT molecular complexity index is 1020. The summed E-state index contributed by atoms with van der Waals surface area (Å²) in [6.07, 6.45) is -1.04. The summed E-state index contributed by atoms with van der Waals surface area (Å²) in [7, 11) is 1.59. The second-order valence-corrected chi connectivity index (χ2v) is 7.37. The molecule has 30 heavy (non-hydrogen) atoms. The highest BCUT2D eigenvalue weighted by molar-refractivity contribution is 5.90. The van der Waals surface area contributed by atoms with Gasteiger partial charge in [0.05, 0.1) is 25.0 Å². The fourth-order valence-corrected chi connectivity index (χ4v) is 3.50. The number of carbonyl (C=O) groups is 1. The fraction of sp³-hybridized carbons (Fsp3) is 0.333. The fourth-order valence-electron chi connectivity index (χ4n) is 3.50. The Morgan fingerprint density at radius 3 is 2.40 bits per heavy atom. The average Bonchev–Trinajstić information content (AvgIpc) is 3.14. The summed E-state index contributed by atoms with van der Waals surface area (Å²) in [6.45, 7) is 7.92. The smallest absolute Gasteiger partial charge is 0.358 e. The Hall–Kier alpha value is -3.12. The van der Waals surface area contributed by atoms with E-state index in [2.05, 4.69) is 4.98 Å². The minimum atomic E-state index is -1.04. The molecule has 3 rings (SSSR count). The highest BCUT2D eigenvalue weighted by atomic mass is 16.5. The molecule has 0 fully saturated rings. The van der Waals surface area contributed by atoms with Crippen LogP contribution in [0.3, 0.4) is 0 Å². The van der Waals surface area contributed by atoms with E-state index < -0.39 is 12.1 Å². The van der Waals surface area contributed by atoms with Gasteiger partial charge in [-0.15, -0.1) is 0 Å². The number of methoxy groups -OCH3 is 1. The normalized spacial score (nSPS) is 12.1. The topological polar surface area (TPSA) is 73.6 Å². The lowest BCUT2D eigenvalue weighted by Gasteiger charge is -2.21. The first-order valence-electron chi connectivity index (χ1n) is 10.1. The number of carbonyl (C=O) groups excluding carboxylic acids is 1. The molecule has 0 saturated heterocycles. The number of esters is 1. The van der Waals surface area contributed by atoms with Gasteiger partial charge in [-0.25, -0.2) is 9.78 Å². The van der Waals surface area contributed by atoms with Crippen molar-refractivity contribution in [2.45, 2.75) is 39.8 Å². The molecule has 0 amide bonds. The van der Waals surface area contributed by atoms with E-state index in [0.29, 0.717) is 22.8 Å². The molecule has 1 aromatic heterocycles. The number of hydrogen-bond donors (Lipinski definition) is 1. The van der Waals surface area contributed by atoms with Crippen molar-refractivity contribution in [1.82, 2.24) is 9.55 Å². The lowest BCUT2D eigenvalue weighted by molar-refractivity contribution is 0.0513. The van der Waals surface area contributed by atoms with Gasteiger partial charge in [0.15, 0.2) is 5.69 Å². The van der Waals surface area contributed by atoms with Crippen LogP contribution in [0.5, 0.6) is 5.75 Å². The molecule has 1 unspecified atom stereocenters. The molecule has 0 aliphatic heterocycles. The molecule has 2 aromatic carbocycles. The minimum Gasteiger partial charge on any atom is -0.496 e. The van der Waals surface area contributed by atoms with Crippen molar-refractivity contribution in [1.29, 1.82) is 0 Å². The number of aliphatic hydroxyl groups is 1. The standard InChI is InChI=1S/C24H28N2O4/c1-6-30-24(28)20-21(22(27)17-13-11-16(4)12-14-17)26(15(2)3)23(25-20)18-9-7-8-10-19(18)29-5/h7-15,22,27H,6H2,1-5H3. The largest absolute Gasteiger partial charge is 0.496 e. The van der Waals surface area contributed by atoms with Crippen LogP contribution >= 0.6 is 0 Å². The van der Waals surface area contributed by atoms with E-state index in [9.17, 15) is 9.90 Å². The summed E-state index contributed by atoms with van der Waals surface area (Å²) in [5.74, 6) is 0.622. The molecule has 1 heterocycles. The van der Waals surface area contributed by atoms with Crippen LogP contribution in [0.1, 0.15) is 60.2 Å². The number of rotatable bonds is 7. The van der Waals surface area contributed by atoms with Crippen LogP contribution in [0, 0.1) is 6.92 Å². The predicted molar refractivity (Wildman–Crippen MR) is 116 cm³/mol. The minimum absolute atomic E-state index is 0.0734. The quantitative estimate of drug-likeness (QED) is 0.573. The first kappa shape index (κ1) is 21.6. The van der Waals surface area contributed by atoms with Gasteiger partial charge < -0.3 is 19.1 Å². The van der Waals surface area contributed by atoms with Crippen LogP contribution in [0.25, 0.3) is 11.4 Å². The van der Waals surface area contributed by atoms with Crippen LogP contribution in [-0.2, 0) is 4.74 Å². The van der Waals surface area contributed by atoms with Crippen LogP contribution < -0.4 is 4.74 Å². The molecule has 3 aromatic rings. The van der Waals surface area contributed by atoms with E-state index >= 15 is 0 Å². The van der Waals surface area contributed by atoms with E-state index in [1.165, 1.54) is 0 Å². The molecule has 6 nitrogen and oxygen atoms in total. The van der Waals surface area contributed by atoms with Crippen molar-refractivity contribution in [3.05, 3.63) is 71.0 Å². The highest BCUT2D eigenvalue weighted by Crippen LogP contribution is 2.36. The molecule has 1 atom stereocenters. The van der Waals surface area contributed by atoms with Crippen molar-refractivity contribution in [2.24, 2.45) is 0 Å². The highest BCUT2D eigenvalue weighted by Gasteiger charge is 2.31. The van der Waals surface area contributed by atoms with Gasteiger partial charge in [0.2, 0.25) is 0 Å². The Kier molecular flexibility index (Phi) is 6.57. The molecule has 1 N–H and O–H groups in total. The van der Waals surface area contributed by atoms with Gasteiger partial charge in [-0.05, 0) is 45.4 Å². The molecule has 6 heteroatoms. The zero-order valence-corrected chi connectivity index (χ0v) is 18.0. The number of nitrogens with zero attached hydrogens (tertiary/aromatic N) is 2. The molecule has 0 spiro atoms. The maximum absolute atomic E-state index is 12.8. The molecule has 0 saturated carbocycles. The van der Waals surface area contributed by atoms with Gasteiger partial charge >= 0.3 is 5.97 Å². The summed E-state index contributed by atoms with van der Waals surface area (Å²) in [6, 6.07) is 15.0. The van der Waals surface area contributed by atoms with Crippen LogP contribution in [0.4, 0.5) is 0 Å². The van der Waals surface area contributed by atoms with Gasteiger partial charge in [-0.3, -0.25) is 0 Å². The number of aromatic nitrogens is 2. The van der Waals surface area contributed by atoms with E-state index in [4.69, 9.17) is 9.47 Å². The summed E-state index contributed by atoms with van der Waals surface area (Å²) < 4.78 is 12.7. The Morgan fingerprint density at radius 1 is 1.13 bits per heavy atom. The maximum Gasteiger partial charge on any atom is 0.358 e. The van der Waals surface area contributed by atoms with Gasteiger partial charge in [0.25, 0.3) is 0 Å². The predicted octanol–water partition coefficient (Wildman–Crippen LogP) is 4.71. The zero-order chi connectivity index (χ0) is 21.8. The third-order valence-corrected chi connectivity index (χ3v) is 4.93. The van der Waals surface area contributed by atoms with Gasteiger partial charge in [-0.2, -0.15) is 0 Å². The second kappa shape index (κ2) is 9.13. The zero-order valence-electron chi connectivity index (χ0n) is 18.0. The van der Waals surface area contributed by atoms with Crippen molar-refractivity contribution >= 4 is 5.97 Å². The Morgan fingerprint density at radius 2 is 1.80 bits per heavy atom. The van der Waals surface area contributed by atoms with E-state index in [0.717, 1.165) is 11.1 Å². The molecule has 0 radical (unpaired) electrons. The number of imidazole rings is 1. The molecule has 0 bridgehead atoms. The summed E-state index contributed by atoms with van der Waals surface area (Å²) >= 11 is 0. The van der Waals surface area contributed by atoms with Gasteiger partial charge in [0, 0.05) is 6.04 Å². The lowest BCUT2D eigenvalue weighted by Crippen LogP contribution is -2.16. The second-order valence-electron chi connectivity index (χ2n) is 7.37. The lowest BCUT2D eigenvalue weighted by atomic mass is 10.0. The van der Waals surface area contributed by atoms with E-state index in [1.54, 1.807) is 14.0 Å². The molecular weight excluding hydrogens is 380 g/mol. The number of aryl methyl sites for hydroxylation is 1. The van der Waals surface area contributed by atoms with Crippen LogP contribution in [-0.4, -0.2) is 34.3 Å². The third-order valence-electron chi connectivity index (χ3n) is 4.93. The van der Waals surface area contributed by atoms with Crippen molar-refractivity contribution in [3.63, 3.8) is 0 Å². The maximum atomic E-state index is 12.8. The average molecular weight is 408 g/mol. The first-order valence-corrected chi connectivity index (χ1v) is 10.1. The van der Waals surface area contributed by atoms with Crippen molar-refractivity contribution in [3.8, 4) is 17.1 Å². The molecule has 158 valence electrons. The number of para-hydroxylation sites is 1. The molecular formula is C24H28N2O4. The number of hydrogen-bond acceptors (Lipinski definition) is 5. The summed E-state index contributed by atoms with van der Waals surface area (Å²) in [5, 5.41) is 11.3. The molecule has 0 aliphatic rings. The van der Waals surface area contributed by atoms with Gasteiger partial charge in [0.1, 0.15) is 17.7 Å². The Labute approximate surface area is 177 Å². The van der Waals surface area contributed by atoms with E-state index in [1.807, 2.05) is 73.9 Å². The van der Waals surface area contributed by atoms with Gasteiger partial charge in [-0.1, -0.05) is 42.0 Å². The van der Waals surface area contributed by atoms with Crippen molar-refractivity contribution in [2.75, 3.05) is 13.7 Å². The van der Waals surface area contributed by atoms with Crippen molar-refractivity contribution < 1.29 is 19.4 Å². The number of benzene rings is 2. The number of aliphatic hydroxyl groups excluding tert-OH is 1. The van der Waals surface area contributed by atoms with E-state index in [-0.39, 0.29) is 18.3 Å².